The van der Waals surface area contributed by atoms with Gasteiger partial charge in [0.25, 0.3) is 0 Å². The molecule has 1 aromatic rings. The van der Waals surface area contributed by atoms with E-state index in [9.17, 15) is 13.2 Å². The third-order valence-electron chi connectivity index (χ3n) is 3.35. The molecule has 21 heavy (non-hydrogen) atoms. The van der Waals surface area contributed by atoms with Gasteiger partial charge in [0.15, 0.2) is 5.82 Å². The van der Waals surface area contributed by atoms with E-state index in [1.54, 1.807) is 7.05 Å². The normalized spacial score (nSPS) is 17.8. The molecule has 118 valence electrons. The van der Waals surface area contributed by atoms with Gasteiger partial charge in [-0.05, 0) is 0 Å². The van der Waals surface area contributed by atoms with Crippen LogP contribution in [0, 0.1) is 0 Å². The second-order valence-electron chi connectivity index (χ2n) is 4.81. The van der Waals surface area contributed by atoms with E-state index in [2.05, 4.69) is 9.84 Å². The molecule has 1 aliphatic rings. The van der Waals surface area contributed by atoms with Crippen molar-refractivity contribution in [3.8, 4) is 0 Å². The molecule has 2 N–H and O–H groups in total. The molecule has 1 aliphatic heterocycles. The summed E-state index contributed by atoms with van der Waals surface area (Å²) in [7, 11) is -0.705. The Morgan fingerprint density at radius 3 is 2.48 bits per heavy atom. The van der Waals surface area contributed by atoms with E-state index >= 15 is 0 Å². The Hall–Kier alpha value is -1.65. The van der Waals surface area contributed by atoms with Crippen LogP contribution in [-0.2, 0) is 26.6 Å². The number of aromatic nitrogens is 2. The number of carbonyl (C=O) groups is 1. The first-order valence-corrected chi connectivity index (χ1v) is 7.87. The summed E-state index contributed by atoms with van der Waals surface area (Å²) in [6.07, 6.45) is 1.39. The van der Waals surface area contributed by atoms with Crippen molar-refractivity contribution < 1.29 is 17.9 Å². The molecule has 2 heterocycles. The summed E-state index contributed by atoms with van der Waals surface area (Å²) in [6.45, 7) is 1.70. The first kappa shape index (κ1) is 15.7. The Morgan fingerprint density at radius 2 is 2.00 bits per heavy atom. The van der Waals surface area contributed by atoms with E-state index in [0.29, 0.717) is 26.2 Å². The fraction of sp³-hybridized carbons (Fsp3) is 0.636. The Labute approximate surface area is 123 Å². The second-order valence-corrected chi connectivity index (χ2v) is 6.71. The molecule has 1 fully saturated rings. The zero-order valence-corrected chi connectivity index (χ0v) is 12.8. The topological polar surface area (TPSA) is 111 Å². The summed E-state index contributed by atoms with van der Waals surface area (Å²) in [5, 5.41) is 3.85. The molecule has 1 saturated heterocycles. The van der Waals surface area contributed by atoms with Gasteiger partial charge in [-0.15, -0.1) is 0 Å². The van der Waals surface area contributed by atoms with Crippen LogP contribution in [0.15, 0.2) is 11.1 Å². The molecule has 0 bridgehead atoms. The fourth-order valence-electron chi connectivity index (χ4n) is 2.20. The summed E-state index contributed by atoms with van der Waals surface area (Å²) in [6, 6.07) is 0. The number of esters is 1. The maximum Gasteiger partial charge on any atom is 0.319 e. The van der Waals surface area contributed by atoms with Crippen LogP contribution in [0.2, 0.25) is 0 Å². The lowest BCUT2D eigenvalue weighted by Crippen LogP contribution is -2.49. The Balaban J connectivity index is 2.04. The molecule has 0 spiro atoms. The third-order valence-corrected chi connectivity index (χ3v) is 5.27. The minimum absolute atomic E-state index is 0.00510. The number of sulfonamides is 1. The maximum absolute atomic E-state index is 12.5. The quantitative estimate of drug-likeness (QED) is 0.671. The standard InChI is InChI=1S/C11H19N5O4S/c1-14-7-9(11(12)13-14)21(18,19)16-5-3-15(4-6-16)8-10(17)20-2/h7H,3-6,8H2,1-2H3,(H2,12,13). The van der Waals surface area contributed by atoms with Crippen molar-refractivity contribution in [2.45, 2.75) is 4.90 Å². The van der Waals surface area contributed by atoms with Crippen molar-refractivity contribution in [2.24, 2.45) is 7.05 Å². The number of nitrogen functional groups attached to an aromatic ring is 1. The number of rotatable bonds is 4. The van der Waals surface area contributed by atoms with E-state index in [-0.39, 0.29) is 23.2 Å². The van der Waals surface area contributed by atoms with Crippen LogP contribution in [-0.4, -0.2) is 73.2 Å². The number of aryl methyl sites for hydroxylation is 1. The SMILES string of the molecule is COC(=O)CN1CCN(S(=O)(=O)c2cn(C)nc2N)CC1. The minimum atomic E-state index is -3.65. The van der Waals surface area contributed by atoms with E-state index < -0.39 is 10.0 Å². The molecule has 0 aromatic carbocycles. The van der Waals surface area contributed by atoms with Gasteiger partial charge in [0.1, 0.15) is 4.90 Å². The second kappa shape index (κ2) is 6.00. The zero-order chi connectivity index (χ0) is 15.6. The average molecular weight is 317 g/mol. The third kappa shape index (κ3) is 3.34. The van der Waals surface area contributed by atoms with Gasteiger partial charge < -0.3 is 10.5 Å². The number of ether oxygens (including phenoxy) is 1. The maximum atomic E-state index is 12.5. The number of methoxy groups -OCH3 is 1. The molecule has 0 unspecified atom stereocenters. The highest BCUT2D eigenvalue weighted by Gasteiger charge is 2.31. The van der Waals surface area contributed by atoms with Gasteiger partial charge in [-0.25, -0.2) is 8.42 Å². The number of nitrogens with two attached hydrogens (primary N) is 1. The number of anilines is 1. The highest BCUT2D eigenvalue weighted by Crippen LogP contribution is 2.21. The molecule has 0 saturated carbocycles. The monoisotopic (exact) mass is 317 g/mol. The zero-order valence-electron chi connectivity index (χ0n) is 12.0. The smallest absolute Gasteiger partial charge is 0.319 e. The molecule has 2 rings (SSSR count). The van der Waals surface area contributed by atoms with Crippen molar-refractivity contribution in [1.29, 1.82) is 0 Å². The number of hydrogen-bond acceptors (Lipinski definition) is 7. The van der Waals surface area contributed by atoms with E-state index in [0.717, 1.165) is 0 Å². The molecule has 1 aromatic heterocycles. The van der Waals surface area contributed by atoms with Crippen LogP contribution in [0.25, 0.3) is 0 Å². The number of carbonyl (C=O) groups excluding carboxylic acids is 1. The first-order valence-electron chi connectivity index (χ1n) is 6.43. The molecular weight excluding hydrogens is 298 g/mol. The molecule has 10 heteroatoms. The first-order chi connectivity index (χ1) is 9.84. The molecule has 0 atom stereocenters. The Morgan fingerprint density at radius 1 is 1.38 bits per heavy atom. The van der Waals surface area contributed by atoms with Crippen molar-refractivity contribution in [1.82, 2.24) is 19.0 Å². The highest BCUT2D eigenvalue weighted by atomic mass is 32.2. The minimum Gasteiger partial charge on any atom is -0.468 e. The Kier molecular flexibility index (Phi) is 4.49. The van der Waals surface area contributed by atoms with Gasteiger partial charge in [0, 0.05) is 39.4 Å². The number of piperazine rings is 1. The molecule has 9 nitrogen and oxygen atoms in total. The largest absolute Gasteiger partial charge is 0.468 e. The van der Waals surface area contributed by atoms with E-state index in [4.69, 9.17) is 5.73 Å². The van der Waals surface area contributed by atoms with Crippen LogP contribution in [0.1, 0.15) is 0 Å². The van der Waals surface area contributed by atoms with Crippen molar-refractivity contribution in [3.63, 3.8) is 0 Å². The summed E-state index contributed by atoms with van der Waals surface area (Å²) in [5.74, 6) is -0.336. The van der Waals surface area contributed by atoms with Crippen LogP contribution in [0.5, 0.6) is 0 Å². The Bertz CT molecular complexity index is 619. The van der Waals surface area contributed by atoms with Gasteiger partial charge in [-0.2, -0.15) is 9.40 Å². The van der Waals surface area contributed by atoms with Crippen molar-refractivity contribution in [3.05, 3.63) is 6.20 Å². The molecule has 0 aliphatic carbocycles. The summed E-state index contributed by atoms with van der Waals surface area (Å²) < 4.78 is 32.3. The number of nitrogens with zero attached hydrogens (tertiary/aromatic N) is 4. The van der Waals surface area contributed by atoms with Crippen LogP contribution in [0.4, 0.5) is 5.82 Å². The van der Waals surface area contributed by atoms with Gasteiger partial charge in [-0.1, -0.05) is 0 Å². The van der Waals surface area contributed by atoms with Crippen LogP contribution < -0.4 is 5.73 Å². The number of hydrogen-bond donors (Lipinski definition) is 1. The van der Waals surface area contributed by atoms with Gasteiger partial charge in [0.05, 0.1) is 13.7 Å². The summed E-state index contributed by atoms with van der Waals surface area (Å²) in [4.78, 5) is 13.1. The van der Waals surface area contributed by atoms with Gasteiger partial charge in [-0.3, -0.25) is 14.4 Å². The lowest BCUT2D eigenvalue weighted by atomic mass is 10.3. The summed E-state index contributed by atoms with van der Waals surface area (Å²) >= 11 is 0. The molecule has 0 amide bonds. The van der Waals surface area contributed by atoms with Crippen LogP contribution in [0.3, 0.4) is 0 Å². The average Bonchev–Trinajstić information content (AvgIpc) is 2.79. The van der Waals surface area contributed by atoms with E-state index in [1.165, 1.54) is 22.3 Å². The molecular formula is C11H19N5O4S. The van der Waals surface area contributed by atoms with Gasteiger partial charge >= 0.3 is 5.97 Å². The predicted molar refractivity (Wildman–Crippen MR) is 74.8 cm³/mol. The predicted octanol–water partition coefficient (Wildman–Crippen LogP) is -1.52. The van der Waals surface area contributed by atoms with E-state index in [1.807, 2.05) is 4.90 Å². The van der Waals surface area contributed by atoms with Crippen molar-refractivity contribution >= 4 is 21.8 Å². The lowest BCUT2D eigenvalue weighted by Gasteiger charge is -2.32. The molecule has 0 radical (unpaired) electrons. The highest BCUT2D eigenvalue weighted by molar-refractivity contribution is 7.89. The van der Waals surface area contributed by atoms with Crippen molar-refractivity contribution in [2.75, 3.05) is 45.6 Å². The van der Waals surface area contributed by atoms with Crippen LogP contribution >= 0.6 is 0 Å². The van der Waals surface area contributed by atoms with Gasteiger partial charge in [0.2, 0.25) is 10.0 Å². The summed E-state index contributed by atoms with van der Waals surface area (Å²) in [5.41, 5.74) is 5.64. The lowest BCUT2D eigenvalue weighted by molar-refractivity contribution is -0.142. The fourth-order valence-corrected chi connectivity index (χ4v) is 3.71.